The van der Waals surface area contributed by atoms with E-state index >= 15 is 0 Å². The largest absolute Gasteiger partial charge is 0.377 e. The molecule has 0 aliphatic carbocycles. The lowest BCUT2D eigenvalue weighted by Crippen LogP contribution is -2.34. The van der Waals surface area contributed by atoms with Gasteiger partial charge in [0.15, 0.2) is 5.78 Å². The van der Waals surface area contributed by atoms with Crippen LogP contribution in [0.4, 0.5) is 0 Å². The fourth-order valence-corrected chi connectivity index (χ4v) is 2.37. The normalized spacial score (nSPS) is 21.6. The lowest BCUT2D eigenvalue weighted by molar-refractivity contribution is 0.0657. The fourth-order valence-electron chi connectivity index (χ4n) is 2.18. The smallest absolute Gasteiger partial charge is 0.176 e. The molecule has 0 bridgehead atoms. The molecule has 4 heteroatoms. The van der Waals surface area contributed by atoms with E-state index in [2.05, 4.69) is 4.90 Å². The number of Topliss-reactive ketones (excluding diaryl/α,β-unsaturated/α-hetero) is 1. The lowest BCUT2D eigenvalue weighted by Gasteiger charge is -2.20. The summed E-state index contributed by atoms with van der Waals surface area (Å²) in [7, 11) is 0. The molecule has 0 saturated carbocycles. The molecular formula is C14H18ClNO2. The highest BCUT2D eigenvalue weighted by Crippen LogP contribution is 2.12. The molecule has 1 aliphatic rings. The number of carbonyl (C=O) groups excluding carboxylic acids is 1. The van der Waals surface area contributed by atoms with Crippen molar-refractivity contribution in [3.63, 3.8) is 0 Å². The van der Waals surface area contributed by atoms with Gasteiger partial charge in [0, 0.05) is 30.3 Å². The molecule has 2 rings (SSSR count). The van der Waals surface area contributed by atoms with Gasteiger partial charge in [-0.3, -0.25) is 9.69 Å². The number of halogens is 1. The van der Waals surface area contributed by atoms with Crippen molar-refractivity contribution in [2.24, 2.45) is 0 Å². The summed E-state index contributed by atoms with van der Waals surface area (Å²) >= 11 is 5.90. The summed E-state index contributed by atoms with van der Waals surface area (Å²) in [6.07, 6.45) is 1.17. The van der Waals surface area contributed by atoms with Crippen molar-refractivity contribution in [3.05, 3.63) is 34.9 Å². The Kier molecular flexibility index (Phi) is 4.75. The molecule has 0 aromatic heterocycles. The number of carbonyl (C=O) groups is 1. The van der Waals surface area contributed by atoms with Crippen molar-refractivity contribution in [1.82, 2.24) is 4.90 Å². The third-order valence-electron chi connectivity index (χ3n) is 3.05. The molecule has 1 fully saturated rings. The second kappa shape index (κ2) is 6.32. The maximum atomic E-state index is 12.1. The Morgan fingerprint density at radius 2 is 2.39 bits per heavy atom. The van der Waals surface area contributed by atoms with E-state index in [1.165, 1.54) is 0 Å². The van der Waals surface area contributed by atoms with Crippen LogP contribution in [0.5, 0.6) is 0 Å². The second-order valence-electron chi connectivity index (χ2n) is 4.70. The van der Waals surface area contributed by atoms with Crippen molar-refractivity contribution >= 4 is 17.4 Å². The third-order valence-corrected chi connectivity index (χ3v) is 3.29. The monoisotopic (exact) mass is 267 g/mol. The van der Waals surface area contributed by atoms with Crippen molar-refractivity contribution in [1.29, 1.82) is 0 Å². The van der Waals surface area contributed by atoms with Crippen molar-refractivity contribution in [2.75, 3.05) is 26.2 Å². The molecule has 1 aliphatic heterocycles. The van der Waals surface area contributed by atoms with E-state index in [1.807, 2.05) is 19.1 Å². The summed E-state index contributed by atoms with van der Waals surface area (Å²) in [5, 5.41) is 0.605. The molecule has 1 heterocycles. The van der Waals surface area contributed by atoms with Crippen LogP contribution in [0.25, 0.3) is 0 Å². The van der Waals surface area contributed by atoms with Crippen molar-refractivity contribution < 1.29 is 9.53 Å². The van der Waals surface area contributed by atoms with E-state index < -0.39 is 0 Å². The third kappa shape index (κ3) is 3.80. The summed E-state index contributed by atoms with van der Waals surface area (Å²) in [4.78, 5) is 14.3. The summed E-state index contributed by atoms with van der Waals surface area (Å²) in [6.45, 7) is 4.99. The number of hydrogen-bond donors (Lipinski definition) is 0. The van der Waals surface area contributed by atoms with Gasteiger partial charge in [-0.25, -0.2) is 0 Å². The Balaban J connectivity index is 1.98. The van der Waals surface area contributed by atoms with Gasteiger partial charge >= 0.3 is 0 Å². The highest BCUT2D eigenvalue weighted by atomic mass is 35.5. The van der Waals surface area contributed by atoms with Crippen LogP contribution < -0.4 is 0 Å². The molecule has 1 aromatic carbocycles. The maximum absolute atomic E-state index is 12.1. The molecule has 98 valence electrons. The van der Waals surface area contributed by atoms with Crippen LogP contribution in [-0.4, -0.2) is 43.0 Å². The van der Waals surface area contributed by atoms with E-state index in [9.17, 15) is 4.79 Å². The number of hydrogen-bond acceptors (Lipinski definition) is 3. The van der Waals surface area contributed by atoms with Crippen molar-refractivity contribution in [2.45, 2.75) is 19.4 Å². The number of ketones is 1. The van der Waals surface area contributed by atoms with Gasteiger partial charge in [-0.05, 0) is 25.5 Å². The summed E-state index contributed by atoms with van der Waals surface area (Å²) in [6, 6.07) is 7.12. The predicted molar refractivity (Wildman–Crippen MR) is 72.3 cm³/mol. The van der Waals surface area contributed by atoms with Crippen LogP contribution in [0.15, 0.2) is 24.3 Å². The first-order valence-electron chi connectivity index (χ1n) is 6.28. The molecule has 1 saturated heterocycles. The zero-order valence-corrected chi connectivity index (χ0v) is 11.3. The number of rotatable bonds is 3. The van der Waals surface area contributed by atoms with Gasteiger partial charge in [-0.2, -0.15) is 0 Å². The Hall–Kier alpha value is -0.900. The molecule has 1 aromatic rings. The predicted octanol–water partition coefficient (Wildman–Crippen LogP) is 2.63. The first-order chi connectivity index (χ1) is 8.65. The van der Waals surface area contributed by atoms with Crippen LogP contribution >= 0.6 is 11.6 Å². The van der Waals surface area contributed by atoms with Gasteiger partial charge in [0.1, 0.15) is 0 Å². The van der Waals surface area contributed by atoms with Gasteiger partial charge in [0.25, 0.3) is 0 Å². The maximum Gasteiger partial charge on any atom is 0.176 e. The quantitative estimate of drug-likeness (QED) is 0.789. The molecular weight excluding hydrogens is 250 g/mol. The number of nitrogens with zero attached hydrogens (tertiary/aromatic N) is 1. The molecule has 0 amide bonds. The lowest BCUT2D eigenvalue weighted by atomic mass is 10.1. The van der Waals surface area contributed by atoms with Gasteiger partial charge in [0.05, 0.1) is 12.6 Å². The van der Waals surface area contributed by atoms with E-state index in [1.54, 1.807) is 12.1 Å². The molecule has 1 unspecified atom stereocenters. The molecule has 18 heavy (non-hydrogen) atoms. The molecule has 3 nitrogen and oxygen atoms in total. The van der Waals surface area contributed by atoms with E-state index in [-0.39, 0.29) is 11.9 Å². The first-order valence-corrected chi connectivity index (χ1v) is 6.65. The van der Waals surface area contributed by atoms with Crippen LogP contribution in [0.1, 0.15) is 23.7 Å². The Bertz CT molecular complexity index is 422. The van der Waals surface area contributed by atoms with Gasteiger partial charge in [0.2, 0.25) is 0 Å². The zero-order valence-electron chi connectivity index (χ0n) is 10.6. The molecule has 1 atom stereocenters. The minimum atomic E-state index is 0.117. The SMILES string of the molecule is CC1CN(CC(=O)c2cccc(Cl)c2)CCCO1. The van der Waals surface area contributed by atoms with Crippen LogP contribution in [0.2, 0.25) is 5.02 Å². The van der Waals surface area contributed by atoms with E-state index in [4.69, 9.17) is 16.3 Å². The molecule has 0 spiro atoms. The van der Waals surface area contributed by atoms with Crippen LogP contribution in [0.3, 0.4) is 0 Å². The van der Waals surface area contributed by atoms with Gasteiger partial charge in [-0.15, -0.1) is 0 Å². The standard InChI is InChI=1S/C14H18ClNO2/c1-11-9-16(6-3-7-18-11)10-14(17)12-4-2-5-13(15)8-12/h2,4-5,8,11H,3,6-7,9-10H2,1H3. The molecule has 0 radical (unpaired) electrons. The Morgan fingerprint density at radius 1 is 1.56 bits per heavy atom. The summed E-state index contributed by atoms with van der Waals surface area (Å²) < 4.78 is 5.57. The minimum Gasteiger partial charge on any atom is -0.377 e. The highest BCUT2D eigenvalue weighted by Gasteiger charge is 2.18. The van der Waals surface area contributed by atoms with Crippen LogP contribution in [0, 0.1) is 0 Å². The highest BCUT2D eigenvalue weighted by molar-refractivity contribution is 6.31. The molecule has 0 N–H and O–H groups in total. The van der Waals surface area contributed by atoms with Gasteiger partial charge < -0.3 is 4.74 Å². The van der Waals surface area contributed by atoms with E-state index in [0.717, 1.165) is 26.1 Å². The van der Waals surface area contributed by atoms with E-state index in [0.29, 0.717) is 17.1 Å². The Labute approximate surface area is 113 Å². The fraction of sp³-hybridized carbons (Fsp3) is 0.500. The number of ether oxygens (including phenoxy) is 1. The zero-order chi connectivity index (χ0) is 13.0. The van der Waals surface area contributed by atoms with Crippen molar-refractivity contribution in [3.8, 4) is 0 Å². The second-order valence-corrected chi connectivity index (χ2v) is 5.14. The van der Waals surface area contributed by atoms with Gasteiger partial charge in [-0.1, -0.05) is 23.7 Å². The average Bonchev–Trinajstić information content (AvgIpc) is 2.53. The Morgan fingerprint density at radius 3 is 3.17 bits per heavy atom. The minimum absolute atomic E-state index is 0.117. The average molecular weight is 268 g/mol. The number of benzene rings is 1. The van der Waals surface area contributed by atoms with Crippen LogP contribution in [-0.2, 0) is 4.74 Å². The topological polar surface area (TPSA) is 29.5 Å². The summed E-state index contributed by atoms with van der Waals surface area (Å²) in [5.41, 5.74) is 0.681. The summed E-state index contributed by atoms with van der Waals surface area (Å²) in [5.74, 6) is 0.117. The first kappa shape index (κ1) is 13.5.